The van der Waals surface area contributed by atoms with E-state index in [1.54, 1.807) is 6.33 Å². The van der Waals surface area contributed by atoms with E-state index in [4.69, 9.17) is 0 Å². The molecule has 6 nitrogen and oxygen atoms in total. The number of nitriles is 1. The number of fused-ring (bicyclic) bond motifs is 2. The van der Waals surface area contributed by atoms with E-state index < -0.39 is 0 Å². The summed E-state index contributed by atoms with van der Waals surface area (Å²) in [5.74, 6) is 1.72. The van der Waals surface area contributed by atoms with E-state index in [1.165, 1.54) is 6.42 Å². The summed E-state index contributed by atoms with van der Waals surface area (Å²) in [6.07, 6.45) is 8.17. The number of aromatic amines is 1. The average Bonchev–Trinajstić information content (AvgIpc) is 3.01. The molecule has 2 aliphatic heterocycles. The quantitative estimate of drug-likeness (QED) is 0.815. The molecule has 6 heteroatoms. The van der Waals surface area contributed by atoms with Gasteiger partial charge in [0, 0.05) is 37.8 Å². The zero-order valence-electron chi connectivity index (χ0n) is 12.8. The molecule has 1 unspecified atom stereocenters. The highest BCUT2D eigenvalue weighted by Crippen LogP contribution is 2.42. The van der Waals surface area contributed by atoms with Crippen molar-refractivity contribution in [3.63, 3.8) is 0 Å². The number of aromatic nitrogens is 3. The van der Waals surface area contributed by atoms with Crippen molar-refractivity contribution in [3.05, 3.63) is 18.6 Å². The minimum Gasteiger partial charge on any atom is -0.355 e. The number of nitrogens with one attached hydrogen (secondary N) is 1. The summed E-state index contributed by atoms with van der Waals surface area (Å²) < 4.78 is 0. The summed E-state index contributed by atoms with van der Waals surface area (Å²) in [5.41, 5.74) is 1.04. The summed E-state index contributed by atoms with van der Waals surface area (Å²) in [6, 6.07) is 2.04. The van der Waals surface area contributed by atoms with E-state index >= 15 is 0 Å². The van der Waals surface area contributed by atoms with Crippen molar-refractivity contribution >= 4 is 16.9 Å². The lowest BCUT2D eigenvalue weighted by Crippen LogP contribution is -2.55. The maximum Gasteiger partial charge on any atom is 0.179 e. The van der Waals surface area contributed by atoms with E-state index in [0.717, 1.165) is 49.5 Å². The van der Waals surface area contributed by atoms with Crippen LogP contribution in [-0.4, -0.2) is 46.0 Å². The predicted octanol–water partition coefficient (Wildman–Crippen LogP) is 1.98. The molecule has 114 valence electrons. The maximum atomic E-state index is 9.23. The van der Waals surface area contributed by atoms with Crippen LogP contribution < -0.4 is 4.90 Å². The zero-order chi connectivity index (χ0) is 15.2. The first kappa shape index (κ1) is 13.4. The van der Waals surface area contributed by atoms with Gasteiger partial charge in [-0.15, -0.1) is 0 Å². The fourth-order valence-corrected chi connectivity index (χ4v) is 4.18. The van der Waals surface area contributed by atoms with E-state index in [1.807, 2.05) is 17.2 Å². The van der Waals surface area contributed by atoms with Crippen LogP contribution >= 0.6 is 0 Å². The minimum atomic E-state index is 0.153. The van der Waals surface area contributed by atoms with Crippen LogP contribution in [0.25, 0.3) is 11.0 Å². The SMILES string of the molecule is C[C@]12CN(C#N)CCC1CCN(c1ncnc3[nH]ccc13)C2. The molecule has 0 spiro atoms. The second-order valence-electron chi connectivity index (χ2n) is 6.81. The minimum absolute atomic E-state index is 0.153. The Morgan fingerprint density at radius 3 is 3.05 bits per heavy atom. The molecular weight excluding hydrogens is 276 g/mol. The average molecular weight is 296 g/mol. The second-order valence-corrected chi connectivity index (χ2v) is 6.81. The van der Waals surface area contributed by atoms with E-state index in [-0.39, 0.29) is 5.41 Å². The standard InChI is InChI=1S/C16H20N6/c1-16-8-21(10-17)6-3-12(16)4-7-22(9-16)15-13-2-5-18-14(13)19-11-20-15/h2,5,11-12H,3-4,6-9H2,1H3,(H,18,19,20)/t12?,16-/m1/s1. The number of piperidine rings is 2. The summed E-state index contributed by atoms with van der Waals surface area (Å²) in [4.78, 5) is 16.2. The van der Waals surface area contributed by atoms with Crippen LogP contribution in [0.4, 0.5) is 5.82 Å². The number of H-pyrrole nitrogens is 1. The Kier molecular flexibility index (Phi) is 2.96. The van der Waals surface area contributed by atoms with E-state index in [0.29, 0.717) is 5.92 Å². The Balaban J connectivity index is 1.65. The van der Waals surface area contributed by atoms with Gasteiger partial charge in [0.05, 0.1) is 5.39 Å². The van der Waals surface area contributed by atoms with E-state index in [9.17, 15) is 5.26 Å². The normalized spacial score (nSPS) is 28.5. The lowest BCUT2D eigenvalue weighted by Gasteiger charge is -2.51. The third-order valence-corrected chi connectivity index (χ3v) is 5.36. The highest BCUT2D eigenvalue weighted by atomic mass is 15.2. The number of anilines is 1. The second kappa shape index (κ2) is 4.87. The Labute approximate surface area is 129 Å². The lowest BCUT2D eigenvalue weighted by atomic mass is 9.68. The molecule has 0 radical (unpaired) electrons. The van der Waals surface area contributed by atoms with Gasteiger partial charge in [0.2, 0.25) is 0 Å². The van der Waals surface area contributed by atoms with Crippen molar-refractivity contribution in [3.8, 4) is 6.19 Å². The highest BCUT2D eigenvalue weighted by Gasteiger charge is 2.44. The smallest absolute Gasteiger partial charge is 0.179 e. The van der Waals surface area contributed by atoms with Crippen LogP contribution in [0.3, 0.4) is 0 Å². The number of rotatable bonds is 1. The number of nitrogens with zero attached hydrogens (tertiary/aromatic N) is 5. The van der Waals surface area contributed by atoms with Crippen LogP contribution in [0.2, 0.25) is 0 Å². The molecule has 1 N–H and O–H groups in total. The molecule has 2 aliphatic rings. The van der Waals surface area contributed by atoms with Crippen molar-refractivity contribution in [2.45, 2.75) is 19.8 Å². The van der Waals surface area contributed by atoms with Crippen molar-refractivity contribution in [2.75, 3.05) is 31.1 Å². The van der Waals surface area contributed by atoms with Crippen LogP contribution in [0.15, 0.2) is 18.6 Å². The number of likely N-dealkylation sites (tertiary alicyclic amines) is 1. The maximum absolute atomic E-state index is 9.23. The first-order valence-corrected chi connectivity index (χ1v) is 7.87. The van der Waals surface area contributed by atoms with Gasteiger partial charge in [0.15, 0.2) is 6.19 Å². The molecule has 2 aromatic rings. The van der Waals surface area contributed by atoms with Gasteiger partial charge in [-0.1, -0.05) is 6.92 Å². The molecule has 4 heterocycles. The molecular formula is C16H20N6. The Hall–Kier alpha value is -2.29. The molecule has 0 bridgehead atoms. The summed E-state index contributed by atoms with van der Waals surface area (Å²) >= 11 is 0. The summed E-state index contributed by atoms with van der Waals surface area (Å²) in [7, 11) is 0. The van der Waals surface area contributed by atoms with Gasteiger partial charge in [-0.25, -0.2) is 9.97 Å². The van der Waals surface area contributed by atoms with Gasteiger partial charge >= 0.3 is 0 Å². The Morgan fingerprint density at radius 1 is 1.32 bits per heavy atom. The van der Waals surface area contributed by atoms with Crippen LogP contribution in [0.5, 0.6) is 0 Å². The molecule has 2 saturated heterocycles. The molecule has 0 amide bonds. The molecule has 0 aliphatic carbocycles. The molecule has 0 aromatic carbocycles. The fraction of sp³-hybridized carbons (Fsp3) is 0.562. The molecule has 4 rings (SSSR count). The van der Waals surface area contributed by atoms with Crippen LogP contribution in [-0.2, 0) is 0 Å². The first-order chi connectivity index (χ1) is 10.7. The highest BCUT2D eigenvalue weighted by molar-refractivity contribution is 5.87. The van der Waals surface area contributed by atoms with Gasteiger partial charge in [-0.3, -0.25) is 0 Å². The summed E-state index contributed by atoms with van der Waals surface area (Å²) in [6.45, 7) is 6.07. The van der Waals surface area contributed by atoms with Gasteiger partial charge in [0.25, 0.3) is 0 Å². The van der Waals surface area contributed by atoms with Gasteiger partial charge in [0.1, 0.15) is 17.8 Å². The van der Waals surface area contributed by atoms with Crippen molar-refractivity contribution in [1.82, 2.24) is 19.9 Å². The Bertz CT molecular complexity index is 732. The monoisotopic (exact) mass is 296 g/mol. The zero-order valence-corrected chi connectivity index (χ0v) is 12.8. The molecule has 2 fully saturated rings. The predicted molar refractivity (Wildman–Crippen MR) is 84.1 cm³/mol. The van der Waals surface area contributed by atoms with Crippen molar-refractivity contribution < 1.29 is 0 Å². The molecule has 22 heavy (non-hydrogen) atoms. The van der Waals surface area contributed by atoms with Gasteiger partial charge < -0.3 is 14.8 Å². The Morgan fingerprint density at radius 2 is 2.18 bits per heavy atom. The van der Waals surface area contributed by atoms with E-state index in [2.05, 4.69) is 33.0 Å². The lowest BCUT2D eigenvalue weighted by molar-refractivity contribution is 0.0560. The number of hydrogen-bond donors (Lipinski definition) is 1. The first-order valence-electron chi connectivity index (χ1n) is 7.87. The largest absolute Gasteiger partial charge is 0.355 e. The van der Waals surface area contributed by atoms with Crippen molar-refractivity contribution in [1.29, 1.82) is 5.26 Å². The van der Waals surface area contributed by atoms with Crippen LogP contribution in [0.1, 0.15) is 19.8 Å². The van der Waals surface area contributed by atoms with Crippen LogP contribution in [0, 0.1) is 22.8 Å². The third kappa shape index (κ3) is 2.00. The summed E-state index contributed by atoms with van der Waals surface area (Å²) in [5, 5.41) is 10.3. The topological polar surface area (TPSA) is 71.8 Å². The van der Waals surface area contributed by atoms with Crippen molar-refractivity contribution in [2.24, 2.45) is 11.3 Å². The fourth-order valence-electron chi connectivity index (χ4n) is 4.18. The molecule has 0 saturated carbocycles. The number of hydrogen-bond acceptors (Lipinski definition) is 5. The van der Waals surface area contributed by atoms with Gasteiger partial charge in [-0.2, -0.15) is 5.26 Å². The molecule has 2 aromatic heterocycles. The third-order valence-electron chi connectivity index (χ3n) is 5.36. The molecule has 2 atom stereocenters. The van der Waals surface area contributed by atoms with Gasteiger partial charge in [-0.05, 0) is 24.8 Å².